The molecule has 0 bridgehead atoms. The van der Waals surface area contributed by atoms with Crippen LogP contribution in [0.15, 0.2) is 48.0 Å². The van der Waals surface area contributed by atoms with Crippen LogP contribution < -0.4 is 15.0 Å². The molecule has 1 aliphatic rings. The fourth-order valence-electron chi connectivity index (χ4n) is 2.69. The quantitative estimate of drug-likeness (QED) is 0.254. The molecule has 0 unspecified atom stereocenters. The lowest BCUT2D eigenvalue weighted by Gasteiger charge is -2.29. The molecule has 1 saturated heterocycles. The van der Waals surface area contributed by atoms with Crippen LogP contribution in [0.3, 0.4) is 0 Å². The van der Waals surface area contributed by atoms with Crippen LogP contribution in [0.25, 0.3) is 6.08 Å². The van der Waals surface area contributed by atoms with Crippen molar-refractivity contribution in [2.75, 3.05) is 11.5 Å². The van der Waals surface area contributed by atoms with Crippen LogP contribution in [0.2, 0.25) is 0 Å². The average Bonchev–Trinajstić information content (AvgIpc) is 2.67. The maximum absolute atomic E-state index is 12.9. The van der Waals surface area contributed by atoms with Crippen molar-refractivity contribution < 1.29 is 24.4 Å². The van der Waals surface area contributed by atoms with E-state index in [-0.39, 0.29) is 16.2 Å². The van der Waals surface area contributed by atoms with Crippen LogP contribution in [0.5, 0.6) is 11.5 Å². The summed E-state index contributed by atoms with van der Waals surface area (Å²) in [5.41, 5.74) is -0.173. The smallest absolute Gasteiger partial charge is 0.311 e. The number of hydrogen-bond donors (Lipinski definition) is 2. The summed E-state index contributed by atoms with van der Waals surface area (Å²) >= 11 is 5.13. The number of nitrogens with zero attached hydrogens (tertiary/aromatic N) is 2. The molecule has 1 aliphatic heterocycles. The molecule has 0 saturated carbocycles. The van der Waals surface area contributed by atoms with Gasteiger partial charge in [-0.2, -0.15) is 0 Å². The minimum Gasteiger partial charge on any atom is -0.502 e. The van der Waals surface area contributed by atoms with Crippen LogP contribution in [-0.2, 0) is 9.59 Å². The van der Waals surface area contributed by atoms with E-state index in [9.17, 15) is 24.8 Å². The van der Waals surface area contributed by atoms with Crippen molar-refractivity contribution in [2.24, 2.45) is 0 Å². The van der Waals surface area contributed by atoms with Gasteiger partial charge >= 0.3 is 5.69 Å². The highest BCUT2D eigenvalue weighted by Gasteiger charge is 2.34. The molecule has 2 N–H and O–H groups in total. The molecule has 148 valence electrons. The van der Waals surface area contributed by atoms with E-state index in [1.165, 1.54) is 12.1 Å². The molecule has 2 amide bonds. The molecule has 10 heteroatoms. The molecule has 3 rings (SSSR count). The summed E-state index contributed by atoms with van der Waals surface area (Å²) in [6.45, 7) is 2.33. The highest BCUT2D eigenvalue weighted by molar-refractivity contribution is 7.80. The number of thiocarbonyl (C=S) groups is 1. The number of nitro groups is 1. The topological polar surface area (TPSA) is 122 Å². The Kier molecular flexibility index (Phi) is 5.55. The number of nitro benzene ring substituents is 1. The molecule has 2 aromatic carbocycles. The summed E-state index contributed by atoms with van der Waals surface area (Å²) in [5, 5.41) is 22.9. The molecular formula is C19H15N3O6S. The first-order valence-electron chi connectivity index (χ1n) is 8.43. The molecule has 1 heterocycles. The Balaban J connectivity index is 1.97. The summed E-state index contributed by atoms with van der Waals surface area (Å²) in [7, 11) is 0. The maximum atomic E-state index is 12.9. The number of hydrogen-bond acceptors (Lipinski definition) is 7. The third kappa shape index (κ3) is 4.06. The van der Waals surface area contributed by atoms with Crippen LogP contribution in [0, 0.1) is 10.1 Å². The lowest BCUT2D eigenvalue weighted by molar-refractivity contribution is -0.385. The van der Waals surface area contributed by atoms with Gasteiger partial charge in [0.1, 0.15) is 11.3 Å². The van der Waals surface area contributed by atoms with E-state index in [0.717, 1.165) is 17.0 Å². The number of rotatable bonds is 5. The zero-order chi connectivity index (χ0) is 21.1. The number of nitrogens with one attached hydrogen (secondary N) is 1. The summed E-state index contributed by atoms with van der Waals surface area (Å²) in [4.78, 5) is 36.6. The van der Waals surface area contributed by atoms with E-state index in [2.05, 4.69) is 5.32 Å². The van der Waals surface area contributed by atoms with Crippen LogP contribution in [0.1, 0.15) is 12.5 Å². The Labute approximate surface area is 170 Å². The molecule has 0 aromatic heterocycles. The van der Waals surface area contributed by atoms with Crippen molar-refractivity contribution in [1.29, 1.82) is 0 Å². The molecule has 9 nitrogen and oxygen atoms in total. The van der Waals surface area contributed by atoms with Crippen LogP contribution in [0.4, 0.5) is 11.4 Å². The summed E-state index contributed by atoms with van der Waals surface area (Å²) < 4.78 is 5.37. The zero-order valence-electron chi connectivity index (χ0n) is 15.1. The number of anilines is 1. The van der Waals surface area contributed by atoms with Crippen molar-refractivity contribution in [3.8, 4) is 11.5 Å². The molecule has 0 aliphatic carbocycles. The monoisotopic (exact) mass is 413 g/mol. The highest BCUT2D eigenvalue weighted by atomic mass is 32.1. The van der Waals surface area contributed by atoms with Gasteiger partial charge in [-0.3, -0.25) is 29.9 Å². The Bertz CT molecular complexity index is 1050. The number of carbonyl (C=O) groups excluding carboxylic acids is 2. The third-order valence-electron chi connectivity index (χ3n) is 4.01. The van der Waals surface area contributed by atoms with Crippen molar-refractivity contribution in [3.05, 3.63) is 63.7 Å². The van der Waals surface area contributed by atoms with E-state index in [1.807, 2.05) is 6.92 Å². The van der Waals surface area contributed by atoms with E-state index in [0.29, 0.717) is 18.0 Å². The molecule has 2 aromatic rings. The number of benzene rings is 2. The standard InChI is InChI=1S/C19H15N3O6S/c1-2-28-13-6-4-12(5-7-13)21-18(25)14(17(24)20-19(21)29)9-11-3-8-16(23)15(10-11)22(26)27/h3-10,23H,2H2,1H3,(H,20,24,29)/b14-9+. The second kappa shape index (κ2) is 8.07. The summed E-state index contributed by atoms with van der Waals surface area (Å²) in [6.07, 6.45) is 1.20. The molecular weight excluding hydrogens is 398 g/mol. The SMILES string of the molecule is CCOc1ccc(N2C(=O)/C(=C/c3ccc(O)c([N+](=O)[O-])c3)C(=O)NC2=S)cc1. The van der Waals surface area contributed by atoms with Crippen LogP contribution >= 0.6 is 12.2 Å². The normalized spacial score (nSPS) is 15.4. The zero-order valence-corrected chi connectivity index (χ0v) is 15.9. The molecule has 0 spiro atoms. The van der Waals surface area contributed by atoms with Crippen LogP contribution in [-0.4, -0.2) is 33.6 Å². The second-order valence-corrected chi connectivity index (χ2v) is 6.28. The van der Waals surface area contributed by atoms with Crippen molar-refractivity contribution in [1.82, 2.24) is 5.32 Å². The maximum Gasteiger partial charge on any atom is 0.311 e. The first-order chi connectivity index (χ1) is 13.8. The molecule has 1 fully saturated rings. The lowest BCUT2D eigenvalue weighted by Crippen LogP contribution is -2.54. The fraction of sp³-hybridized carbons (Fsp3) is 0.105. The molecule has 0 radical (unpaired) electrons. The summed E-state index contributed by atoms with van der Waals surface area (Å²) in [6, 6.07) is 10.1. The fourth-order valence-corrected chi connectivity index (χ4v) is 2.97. The van der Waals surface area contributed by atoms with E-state index in [4.69, 9.17) is 17.0 Å². The van der Waals surface area contributed by atoms with E-state index < -0.39 is 28.2 Å². The number of ether oxygens (including phenoxy) is 1. The van der Waals surface area contributed by atoms with Gasteiger partial charge in [-0.1, -0.05) is 6.07 Å². The Hall–Kier alpha value is -3.79. The van der Waals surface area contributed by atoms with Crippen molar-refractivity contribution >= 4 is 46.6 Å². The predicted octanol–water partition coefficient (Wildman–Crippen LogP) is 2.53. The van der Waals surface area contributed by atoms with Gasteiger partial charge in [-0.05, 0) is 61.1 Å². The largest absolute Gasteiger partial charge is 0.502 e. The number of carbonyl (C=O) groups is 2. The highest BCUT2D eigenvalue weighted by Crippen LogP contribution is 2.29. The first kappa shape index (κ1) is 20.0. The number of phenolic OH excluding ortho intramolecular Hbond substituents is 1. The van der Waals surface area contributed by atoms with Gasteiger partial charge in [0.25, 0.3) is 11.8 Å². The van der Waals surface area contributed by atoms with E-state index in [1.54, 1.807) is 24.3 Å². The number of phenols is 1. The number of aromatic hydroxyl groups is 1. The summed E-state index contributed by atoms with van der Waals surface area (Å²) in [5.74, 6) is -1.31. The minimum absolute atomic E-state index is 0.0852. The lowest BCUT2D eigenvalue weighted by atomic mass is 10.1. The van der Waals surface area contributed by atoms with Gasteiger partial charge in [0.2, 0.25) is 0 Å². The van der Waals surface area contributed by atoms with Gasteiger partial charge in [0.15, 0.2) is 10.9 Å². The van der Waals surface area contributed by atoms with Crippen molar-refractivity contribution in [3.63, 3.8) is 0 Å². The van der Waals surface area contributed by atoms with Gasteiger partial charge in [-0.15, -0.1) is 0 Å². The Morgan fingerprint density at radius 1 is 1.24 bits per heavy atom. The third-order valence-corrected chi connectivity index (χ3v) is 4.30. The first-order valence-corrected chi connectivity index (χ1v) is 8.84. The van der Waals surface area contributed by atoms with Gasteiger partial charge in [0.05, 0.1) is 17.2 Å². The van der Waals surface area contributed by atoms with E-state index >= 15 is 0 Å². The number of amides is 2. The predicted molar refractivity (Wildman–Crippen MR) is 109 cm³/mol. The molecule has 0 atom stereocenters. The van der Waals surface area contributed by atoms with Crippen molar-refractivity contribution in [2.45, 2.75) is 6.92 Å². The van der Waals surface area contributed by atoms with Gasteiger partial charge < -0.3 is 9.84 Å². The minimum atomic E-state index is -0.762. The second-order valence-electron chi connectivity index (χ2n) is 5.89. The Morgan fingerprint density at radius 3 is 2.55 bits per heavy atom. The Morgan fingerprint density at radius 2 is 1.93 bits per heavy atom. The molecule has 29 heavy (non-hydrogen) atoms. The average molecular weight is 413 g/mol. The van der Waals surface area contributed by atoms with Gasteiger partial charge in [0, 0.05) is 6.07 Å². The van der Waals surface area contributed by atoms with Gasteiger partial charge in [-0.25, -0.2) is 0 Å².